The van der Waals surface area contributed by atoms with E-state index >= 15 is 0 Å². The fourth-order valence-electron chi connectivity index (χ4n) is 1.86. The predicted molar refractivity (Wildman–Crippen MR) is 85.0 cm³/mol. The third kappa shape index (κ3) is 3.57. The lowest BCUT2D eigenvalue weighted by molar-refractivity contribution is -0.384. The van der Waals surface area contributed by atoms with Crippen LogP contribution in [-0.2, 0) is 0 Å². The number of nitrogens with zero attached hydrogens (tertiary/aromatic N) is 3. The number of rotatable bonds is 5. The maximum Gasteiger partial charge on any atom is 0.293 e. The summed E-state index contributed by atoms with van der Waals surface area (Å²) < 4.78 is 8.33. The number of hydrogen-bond acceptors (Lipinski definition) is 4. The zero-order chi connectivity index (χ0) is 16.7. The van der Waals surface area contributed by atoms with Crippen molar-refractivity contribution in [3.8, 4) is 5.69 Å². The summed E-state index contributed by atoms with van der Waals surface area (Å²) in [5.41, 5.74) is 8.83. The van der Waals surface area contributed by atoms with Crippen LogP contribution < -0.4 is 11.2 Å². The van der Waals surface area contributed by atoms with Gasteiger partial charge in [-0.25, -0.2) is 5.43 Å². The minimum atomic E-state index is -0.419. The van der Waals surface area contributed by atoms with Crippen molar-refractivity contribution in [3.63, 3.8) is 0 Å². The number of allylic oxidation sites excluding steroid dienone is 1. The maximum absolute atomic E-state index is 11.1. The van der Waals surface area contributed by atoms with Crippen molar-refractivity contribution in [1.82, 2.24) is 9.99 Å². The van der Waals surface area contributed by atoms with Crippen molar-refractivity contribution in [1.29, 1.82) is 5.40 Å². The average molecular weight is 298 g/mol. The highest BCUT2D eigenvalue weighted by molar-refractivity contribution is 5.80. The number of para-hydroxylation sites is 2. The first kappa shape index (κ1) is 13.6. The summed E-state index contributed by atoms with van der Waals surface area (Å²) in [6.45, 7) is 0. The molecular weight excluding hydrogens is 284 g/mol. The molecule has 0 unspecified atom stereocenters. The summed E-state index contributed by atoms with van der Waals surface area (Å²) in [5.74, 6) is -0.127. The zero-order valence-corrected chi connectivity index (χ0v) is 11.5. The van der Waals surface area contributed by atoms with E-state index in [2.05, 4.69) is 15.9 Å². The lowest BCUT2D eigenvalue weighted by atomic mass is 10.2. The number of nitro benzene ring substituents is 1. The summed E-state index contributed by atoms with van der Waals surface area (Å²) in [6.07, 6.45) is 6.53. The summed E-state index contributed by atoms with van der Waals surface area (Å²) in [5, 5.41) is 17.8. The van der Waals surface area contributed by atoms with Gasteiger partial charge in [-0.1, -0.05) is 12.1 Å². The molecule has 1 aromatic carbocycles. The minimum absolute atomic E-state index is 0.0214. The fourth-order valence-corrected chi connectivity index (χ4v) is 1.86. The number of nitro groups is 1. The van der Waals surface area contributed by atoms with E-state index < -0.39 is 4.92 Å². The molecule has 1 heterocycles. The Morgan fingerprint density at radius 2 is 2.27 bits per heavy atom. The van der Waals surface area contributed by atoms with E-state index in [1.807, 2.05) is 6.07 Å². The van der Waals surface area contributed by atoms with E-state index in [1.54, 1.807) is 47.2 Å². The second-order valence-electron chi connectivity index (χ2n) is 4.18. The SMILES string of the molecule is [H]/N=C(\N)NN=CC=Cc1cccn1-c1ccccc1[N+](=O)[O-]. The number of guanidine groups is 1. The monoisotopic (exact) mass is 298 g/mol. The molecule has 0 fully saturated rings. The molecule has 1 aromatic heterocycles. The molecular formula is C14H14N6O2. The molecule has 0 aliphatic rings. The van der Waals surface area contributed by atoms with Crippen LogP contribution in [0.4, 0.5) is 5.69 Å². The van der Waals surface area contributed by atoms with Gasteiger partial charge in [0.05, 0.1) is 4.92 Å². The largest absolute Gasteiger partial charge is 0.369 e. The first-order valence-electron chi connectivity index (χ1n) is 6.72. The number of hydrazone groups is 1. The van der Waals surface area contributed by atoms with Crippen LogP contribution in [0.5, 0.6) is 0 Å². The van der Waals surface area contributed by atoms with Gasteiger partial charge in [0, 0.05) is 24.2 Å². The van der Waals surface area contributed by atoms with E-state index in [0.29, 0.717) is 5.69 Å². The van der Waals surface area contributed by atoms with Crippen LogP contribution in [0.25, 0.3) is 11.8 Å². The Morgan fingerprint density at radius 1 is 1.45 bits per heavy atom. The van der Waals surface area contributed by atoms with Crippen molar-refractivity contribution >= 4 is 23.9 Å². The number of benzene rings is 1. The lowest BCUT2D eigenvalue weighted by Crippen LogP contribution is -2.25. The van der Waals surface area contributed by atoms with Crippen LogP contribution in [0.15, 0.2) is 53.8 Å². The quantitative estimate of drug-likeness (QED) is 0.337. The van der Waals surface area contributed by atoms with Crippen molar-refractivity contribution < 1.29 is 6.34 Å². The minimum Gasteiger partial charge on any atom is -0.369 e. The normalized spacial score (nSPS) is 12.7. The number of nitrogens with one attached hydrogen (secondary N) is 2. The smallest absolute Gasteiger partial charge is 0.293 e. The topological polar surface area (TPSA) is 122 Å². The fraction of sp³-hybridized carbons (Fsp3) is 0. The summed E-state index contributed by atoms with van der Waals surface area (Å²) in [7, 11) is 0. The van der Waals surface area contributed by atoms with Gasteiger partial charge < -0.3 is 10.3 Å². The first-order valence-corrected chi connectivity index (χ1v) is 6.28. The van der Waals surface area contributed by atoms with E-state index in [1.165, 1.54) is 12.3 Å². The average Bonchev–Trinajstić information content (AvgIpc) is 3.02. The van der Waals surface area contributed by atoms with Gasteiger partial charge in [0.1, 0.15) is 5.69 Å². The number of hydrogen-bond donors (Lipinski definition) is 3. The molecule has 0 saturated heterocycles. The third-order valence-electron chi connectivity index (χ3n) is 2.72. The Kier molecular flexibility index (Phi) is 4.22. The highest BCUT2D eigenvalue weighted by Gasteiger charge is 2.14. The molecule has 8 nitrogen and oxygen atoms in total. The molecule has 0 radical (unpaired) electrons. The van der Waals surface area contributed by atoms with Crippen LogP contribution in [0.1, 0.15) is 5.69 Å². The first-order chi connectivity index (χ1) is 11.1. The molecule has 0 aliphatic heterocycles. The van der Waals surface area contributed by atoms with Crippen LogP contribution in [0, 0.1) is 15.5 Å². The van der Waals surface area contributed by atoms with Crippen LogP contribution in [0.2, 0.25) is 1.41 Å². The lowest BCUT2D eigenvalue weighted by Gasteiger charge is -2.06. The summed E-state index contributed by atoms with van der Waals surface area (Å²) >= 11 is 0. The molecule has 0 bridgehead atoms. The Labute approximate surface area is 127 Å². The maximum atomic E-state index is 11.1. The van der Waals surface area contributed by atoms with Crippen LogP contribution in [-0.4, -0.2) is 21.7 Å². The molecule has 8 heteroatoms. The second kappa shape index (κ2) is 6.84. The zero-order valence-electron chi connectivity index (χ0n) is 12.5. The van der Waals surface area contributed by atoms with Crippen LogP contribution in [0.3, 0.4) is 0 Å². The Bertz CT molecular complexity index is 781. The number of aromatic nitrogens is 1. The summed E-state index contributed by atoms with van der Waals surface area (Å²) in [6, 6.07) is 10.1. The van der Waals surface area contributed by atoms with Gasteiger partial charge in [0.15, 0.2) is 1.41 Å². The van der Waals surface area contributed by atoms with Gasteiger partial charge in [0.25, 0.3) is 5.69 Å². The molecule has 2 aromatic rings. The Hall–Kier alpha value is -3.42. The molecule has 0 saturated carbocycles. The highest BCUT2D eigenvalue weighted by Crippen LogP contribution is 2.24. The third-order valence-corrected chi connectivity index (χ3v) is 2.72. The van der Waals surface area contributed by atoms with Crippen molar-refractivity contribution in [3.05, 3.63) is 64.5 Å². The molecule has 0 amide bonds. The van der Waals surface area contributed by atoms with Crippen molar-refractivity contribution in [2.45, 2.75) is 0 Å². The van der Waals surface area contributed by atoms with Gasteiger partial charge in [-0.15, -0.1) is 0 Å². The van der Waals surface area contributed by atoms with Crippen LogP contribution >= 0.6 is 0 Å². The van der Waals surface area contributed by atoms with E-state index in [0.717, 1.165) is 5.69 Å². The van der Waals surface area contributed by atoms with Gasteiger partial charge in [-0.3, -0.25) is 15.5 Å². The number of nitrogens with two attached hydrogens (primary N) is 1. The van der Waals surface area contributed by atoms with Gasteiger partial charge >= 0.3 is 0 Å². The summed E-state index contributed by atoms with van der Waals surface area (Å²) in [4.78, 5) is 10.7. The molecule has 0 spiro atoms. The Balaban J connectivity index is 2.22. The molecule has 112 valence electrons. The van der Waals surface area contributed by atoms with E-state index in [9.17, 15) is 10.1 Å². The molecule has 4 N–H and O–H groups in total. The molecule has 22 heavy (non-hydrogen) atoms. The van der Waals surface area contributed by atoms with Gasteiger partial charge in [0.2, 0.25) is 5.96 Å². The molecule has 0 atom stereocenters. The Morgan fingerprint density at radius 3 is 3.05 bits per heavy atom. The standard InChI is InChI=1S/C14H14N6O2/c15-14(16)18-17-9-3-5-11-6-4-10-19(11)12-7-1-2-8-13(12)20(21)22/h1-10H,(H4,15,16,18). The molecule has 2 rings (SSSR count). The highest BCUT2D eigenvalue weighted by atomic mass is 16.6. The van der Waals surface area contributed by atoms with Crippen molar-refractivity contribution in [2.24, 2.45) is 10.8 Å². The molecule has 0 aliphatic carbocycles. The predicted octanol–water partition coefficient (Wildman–Crippen LogP) is 1.87. The van der Waals surface area contributed by atoms with Crippen molar-refractivity contribution in [2.75, 3.05) is 0 Å². The van der Waals surface area contributed by atoms with E-state index in [-0.39, 0.29) is 11.6 Å². The van der Waals surface area contributed by atoms with Gasteiger partial charge in [-0.05, 0) is 30.4 Å². The van der Waals surface area contributed by atoms with E-state index in [4.69, 9.17) is 7.15 Å². The second-order valence-corrected chi connectivity index (χ2v) is 4.18. The van der Waals surface area contributed by atoms with Gasteiger partial charge in [-0.2, -0.15) is 5.10 Å².